The fourth-order valence-corrected chi connectivity index (χ4v) is 3.86. The number of alkyl halides is 3. The molecule has 1 aliphatic heterocycles. The van der Waals surface area contributed by atoms with Crippen LogP contribution in [0.15, 0.2) is 24.3 Å². The number of nitrogens with zero attached hydrogens (tertiary/aromatic N) is 2. The molecule has 140 valence electrons. The predicted octanol–water partition coefficient (Wildman–Crippen LogP) is 3.62. The maximum atomic E-state index is 13.1. The zero-order chi connectivity index (χ0) is 18.9. The molecule has 2 heterocycles. The van der Waals surface area contributed by atoms with Crippen molar-refractivity contribution in [3.05, 3.63) is 40.4 Å². The number of rotatable bonds is 4. The lowest BCUT2D eigenvalue weighted by molar-refractivity contribution is -0.139. The number of hydrogen-bond acceptors (Lipinski definition) is 5. The summed E-state index contributed by atoms with van der Waals surface area (Å²) in [6, 6.07) is 5.25. The van der Waals surface area contributed by atoms with Crippen LogP contribution in [0.25, 0.3) is 0 Å². The molecule has 26 heavy (non-hydrogen) atoms. The van der Waals surface area contributed by atoms with Crippen molar-refractivity contribution in [2.75, 3.05) is 18.0 Å². The zero-order valence-electron chi connectivity index (χ0n) is 14.0. The molecular weight excluding hydrogens is 367 g/mol. The number of piperidine rings is 1. The highest BCUT2D eigenvalue weighted by atomic mass is 32.1. The number of carbonyl (C=O) groups is 1. The van der Waals surface area contributed by atoms with Crippen molar-refractivity contribution in [2.45, 2.75) is 32.0 Å². The average molecular weight is 385 g/mol. The standard InChI is InChI=1S/C17H18F3N3O2S/c1-10-14(15(21)24)26-16(22-10)23-8-6-11(7-9-23)25-13-5-3-2-4-12(13)17(18,19)20/h2-5,11H,6-9H2,1H3,(H2,21,24). The molecule has 1 aromatic heterocycles. The number of ether oxygens (including phenoxy) is 1. The third kappa shape index (κ3) is 3.92. The Hall–Kier alpha value is -2.29. The fraction of sp³-hybridized carbons (Fsp3) is 0.412. The molecule has 9 heteroatoms. The number of anilines is 1. The second-order valence-corrected chi connectivity index (χ2v) is 7.05. The van der Waals surface area contributed by atoms with E-state index in [-0.39, 0.29) is 11.9 Å². The molecule has 0 atom stereocenters. The summed E-state index contributed by atoms with van der Waals surface area (Å²) in [5, 5.41) is 0.699. The highest BCUT2D eigenvalue weighted by molar-refractivity contribution is 7.17. The minimum atomic E-state index is -4.44. The smallest absolute Gasteiger partial charge is 0.419 e. The second kappa shape index (κ2) is 7.14. The number of aromatic nitrogens is 1. The largest absolute Gasteiger partial charge is 0.490 e. The normalized spacial score (nSPS) is 15.9. The van der Waals surface area contributed by atoms with Gasteiger partial charge in [-0.1, -0.05) is 23.5 Å². The van der Waals surface area contributed by atoms with Gasteiger partial charge in [-0.25, -0.2) is 4.98 Å². The Labute approximate surface area is 152 Å². The van der Waals surface area contributed by atoms with Gasteiger partial charge in [0.15, 0.2) is 5.13 Å². The van der Waals surface area contributed by atoms with Gasteiger partial charge in [0, 0.05) is 25.9 Å². The summed E-state index contributed by atoms with van der Waals surface area (Å²) in [5.74, 6) is -0.646. The van der Waals surface area contributed by atoms with Gasteiger partial charge in [-0.05, 0) is 19.1 Å². The minimum Gasteiger partial charge on any atom is -0.490 e. The first kappa shape index (κ1) is 18.5. The van der Waals surface area contributed by atoms with Crippen LogP contribution < -0.4 is 15.4 Å². The van der Waals surface area contributed by atoms with E-state index in [0.29, 0.717) is 41.6 Å². The van der Waals surface area contributed by atoms with E-state index in [0.717, 1.165) is 6.07 Å². The number of aryl methyl sites for hydroxylation is 1. The summed E-state index contributed by atoms with van der Waals surface area (Å²) >= 11 is 1.24. The van der Waals surface area contributed by atoms with Gasteiger partial charge in [0.25, 0.3) is 5.91 Å². The molecule has 1 fully saturated rings. The Morgan fingerprint density at radius 2 is 1.96 bits per heavy atom. The summed E-state index contributed by atoms with van der Waals surface area (Å²) in [4.78, 5) is 18.1. The van der Waals surface area contributed by atoms with Crippen molar-refractivity contribution in [3.63, 3.8) is 0 Å². The predicted molar refractivity (Wildman–Crippen MR) is 92.7 cm³/mol. The van der Waals surface area contributed by atoms with Gasteiger partial charge in [0.2, 0.25) is 0 Å². The van der Waals surface area contributed by atoms with Gasteiger partial charge in [0.05, 0.1) is 11.3 Å². The SMILES string of the molecule is Cc1nc(N2CCC(Oc3ccccc3C(F)(F)F)CC2)sc1C(N)=O. The van der Waals surface area contributed by atoms with E-state index in [4.69, 9.17) is 10.5 Å². The molecule has 5 nitrogen and oxygen atoms in total. The Morgan fingerprint density at radius 3 is 2.54 bits per heavy atom. The number of benzene rings is 1. The monoisotopic (exact) mass is 385 g/mol. The molecule has 0 bridgehead atoms. The van der Waals surface area contributed by atoms with E-state index in [2.05, 4.69) is 4.98 Å². The van der Waals surface area contributed by atoms with E-state index < -0.39 is 17.6 Å². The number of thiazole rings is 1. The van der Waals surface area contributed by atoms with Crippen LogP contribution in [0.2, 0.25) is 0 Å². The van der Waals surface area contributed by atoms with Gasteiger partial charge < -0.3 is 15.4 Å². The van der Waals surface area contributed by atoms with E-state index >= 15 is 0 Å². The number of amides is 1. The van der Waals surface area contributed by atoms with Crippen molar-refractivity contribution in [1.82, 2.24) is 4.98 Å². The molecule has 0 saturated carbocycles. The molecule has 0 radical (unpaired) electrons. The van der Waals surface area contributed by atoms with Crippen LogP contribution in [0.1, 0.15) is 33.8 Å². The Kier molecular flexibility index (Phi) is 5.08. The first-order valence-corrected chi connectivity index (χ1v) is 8.92. The van der Waals surface area contributed by atoms with Gasteiger partial charge in [-0.3, -0.25) is 4.79 Å². The third-order valence-corrected chi connectivity index (χ3v) is 5.44. The highest BCUT2D eigenvalue weighted by Crippen LogP contribution is 2.37. The number of para-hydroxylation sites is 1. The Bertz CT molecular complexity index is 799. The lowest BCUT2D eigenvalue weighted by atomic mass is 10.1. The van der Waals surface area contributed by atoms with Crippen LogP contribution >= 0.6 is 11.3 Å². The van der Waals surface area contributed by atoms with E-state index in [1.165, 1.54) is 29.5 Å². The van der Waals surface area contributed by atoms with Crippen LogP contribution in [-0.2, 0) is 6.18 Å². The van der Waals surface area contributed by atoms with Crippen molar-refractivity contribution >= 4 is 22.4 Å². The molecule has 2 aromatic rings. The Morgan fingerprint density at radius 1 is 1.31 bits per heavy atom. The van der Waals surface area contributed by atoms with Crippen LogP contribution in [0.3, 0.4) is 0 Å². The third-order valence-electron chi connectivity index (χ3n) is 4.21. The number of nitrogens with two attached hydrogens (primary N) is 1. The van der Waals surface area contributed by atoms with Crippen molar-refractivity contribution in [2.24, 2.45) is 5.73 Å². The molecule has 0 aliphatic carbocycles. The molecule has 1 aromatic carbocycles. The molecule has 2 N–H and O–H groups in total. The number of carbonyl (C=O) groups excluding carboxylic acids is 1. The summed E-state index contributed by atoms with van der Waals surface area (Å²) < 4.78 is 44.8. The first-order chi connectivity index (χ1) is 12.3. The number of halogens is 3. The van der Waals surface area contributed by atoms with Crippen molar-refractivity contribution < 1.29 is 22.7 Å². The van der Waals surface area contributed by atoms with E-state index in [1.54, 1.807) is 6.92 Å². The highest BCUT2D eigenvalue weighted by Gasteiger charge is 2.35. The summed E-state index contributed by atoms with van der Waals surface area (Å²) in [5.41, 5.74) is 5.15. The fourth-order valence-electron chi connectivity index (χ4n) is 2.89. The van der Waals surface area contributed by atoms with Gasteiger partial charge in [-0.15, -0.1) is 0 Å². The molecule has 0 unspecified atom stereocenters. The topological polar surface area (TPSA) is 68.5 Å². The van der Waals surface area contributed by atoms with Gasteiger partial charge in [0.1, 0.15) is 16.7 Å². The van der Waals surface area contributed by atoms with Crippen LogP contribution in [-0.4, -0.2) is 30.1 Å². The lowest BCUT2D eigenvalue weighted by Gasteiger charge is -2.32. The van der Waals surface area contributed by atoms with Crippen molar-refractivity contribution in [3.8, 4) is 5.75 Å². The second-order valence-electron chi connectivity index (χ2n) is 6.07. The summed E-state index contributed by atoms with van der Waals surface area (Å²) in [7, 11) is 0. The minimum absolute atomic E-state index is 0.139. The molecule has 1 saturated heterocycles. The first-order valence-electron chi connectivity index (χ1n) is 8.10. The van der Waals surface area contributed by atoms with Crippen LogP contribution in [0, 0.1) is 6.92 Å². The average Bonchev–Trinajstić information content (AvgIpc) is 2.97. The number of primary amides is 1. The molecule has 0 spiro atoms. The molecule has 3 rings (SSSR count). The molecular formula is C17H18F3N3O2S. The van der Waals surface area contributed by atoms with Gasteiger partial charge >= 0.3 is 6.18 Å². The molecule has 1 aliphatic rings. The van der Waals surface area contributed by atoms with E-state index in [1.807, 2.05) is 4.90 Å². The summed E-state index contributed by atoms with van der Waals surface area (Å²) in [6.07, 6.45) is -3.61. The maximum Gasteiger partial charge on any atom is 0.419 e. The Balaban J connectivity index is 1.65. The number of hydrogen-bond donors (Lipinski definition) is 1. The van der Waals surface area contributed by atoms with E-state index in [9.17, 15) is 18.0 Å². The van der Waals surface area contributed by atoms with Gasteiger partial charge in [-0.2, -0.15) is 13.2 Å². The maximum absolute atomic E-state index is 13.1. The summed E-state index contributed by atoms with van der Waals surface area (Å²) in [6.45, 7) is 2.90. The zero-order valence-corrected chi connectivity index (χ0v) is 14.9. The quantitative estimate of drug-likeness (QED) is 0.873. The van der Waals surface area contributed by atoms with Crippen LogP contribution in [0.5, 0.6) is 5.75 Å². The lowest BCUT2D eigenvalue weighted by Crippen LogP contribution is -2.38. The van der Waals surface area contributed by atoms with Crippen LogP contribution in [0.4, 0.5) is 18.3 Å². The van der Waals surface area contributed by atoms with Crippen molar-refractivity contribution in [1.29, 1.82) is 0 Å². The molecule has 1 amide bonds.